The van der Waals surface area contributed by atoms with Crippen LogP contribution in [0.1, 0.15) is 61.1 Å². The molecule has 4 rings (SSSR count). The van der Waals surface area contributed by atoms with Crippen molar-refractivity contribution in [3.63, 3.8) is 0 Å². The zero-order valence-electron chi connectivity index (χ0n) is 18.7. The van der Waals surface area contributed by atoms with Crippen LogP contribution in [0.4, 0.5) is 0 Å². The van der Waals surface area contributed by atoms with E-state index in [0.717, 1.165) is 56.3 Å². The molecule has 3 heterocycles. The van der Waals surface area contributed by atoms with Crippen LogP contribution in [-0.4, -0.2) is 59.5 Å². The second-order valence-corrected chi connectivity index (χ2v) is 9.77. The molecule has 1 spiro atoms. The van der Waals surface area contributed by atoms with Crippen molar-refractivity contribution in [1.29, 1.82) is 0 Å². The number of hydrogen-bond acceptors (Lipinski definition) is 5. The van der Waals surface area contributed by atoms with Crippen molar-refractivity contribution in [2.24, 2.45) is 0 Å². The van der Waals surface area contributed by atoms with Gasteiger partial charge in [-0.2, -0.15) is 0 Å². The smallest absolute Gasteiger partial charge is 0.257 e. The lowest BCUT2D eigenvalue weighted by atomic mass is 9.71. The van der Waals surface area contributed by atoms with Crippen molar-refractivity contribution in [3.8, 4) is 5.75 Å². The highest BCUT2D eigenvalue weighted by Crippen LogP contribution is 2.41. The molecule has 0 saturated carbocycles. The Balaban J connectivity index is 1.56. The molecule has 2 aliphatic rings. The molecule has 160 valence electrons. The summed E-state index contributed by atoms with van der Waals surface area (Å²) in [6, 6.07) is 8.30. The quantitative estimate of drug-likeness (QED) is 0.779. The van der Waals surface area contributed by atoms with E-state index in [0.29, 0.717) is 5.56 Å². The third-order valence-corrected chi connectivity index (χ3v) is 6.46. The third kappa shape index (κ3) is 3.81. The minimum Gasteiger partial charge on any atom is -0.497 e. The highest BCUT2D eigenvalue weighted by atomic mass is 16.5. The Morgan fingerprint density at radius 1 is 1.13 bits per heavy atom. The minimum atomic E-state index is -0.141. The molecule has 6 nitrogen and oxygen atoms in total. The van der Waals surface area contributed by atoms with Crippen LogP contribution in [-0.2, 0) is 17.4 Å². The highest BCUT2D eigenvalue weighted by Gasteiger charge is 2.46. The average Bonchev–Trinajstić information content (AvgIpc) is 2.73. The van der Waals surface area contributed by atoms with E-state index in [9.17, 15) is 4.79 Å². The molecule has 1 amide bonds. The van der Waals surface area contributed by atoms with Crippen LogP contribution in [0.25, 0.3) is 0 Å². The predicted octanol–water partition coefficient (Wildman–Crippen LogP) is 3.40. The standard InChI is InChI=1S/C24H32N4O2/c1-23(2,3)22-25-14-19-20(26-22)24(16-27(4)21(19)29)10-12-28(13-11-24)15-17-6-8-18(30-5)9-7-17/h6-9,14H,10-13,15-16H2,1-5H3. The van der Waals surface area contributed by atoms with Gasteiger partial charge in [0.15, 0.2) is 0 Å². The van der Waals surface area contributed by atoms with E-state index in [1.807, 2.05) is 24.1 Å². The fourth-order valence-electron chi connectivity index (χ4n) is 4.63. The second kappa shape index (κ2) is 7.65. The van der Waals surface area contributed by atoms with Crippen LogP contribution in [0.3, 0.4) is 0 Å². The number of carbonyl (C=O) groups is 1. The van der Waals surface area contributed by atoms with Gasteiger partial charge >= 0.3 is 0 Å². The lowest BCUT2D eigenvalue weighted by Crippen LogP contribution is -2.54. The van der Waals surface area contributed by atoms with Crippen molar-refractivity contribution in [3.05, 3.63) is 53.1 Å². The summed E-state index contributed by atoms with van der Waals surface area (Å²) in [5, 5.41) is 0. The molecular formula is C24H32N4O2. The van der Waals surface area contributed by atoms with Crippen molar-refractivity contribution in [2.75, 3.05) is 33.8 Å². The van der Waals surface area contributed by atoms with Gasteiger partial charge in [-0.25, -0.2) is 9.97 Å². The van der Waals surface area contributed by atoms with Gasteiger partial charge in [0.25, 0.3) is 5.91 Å². The van der Waals surface area contributed by atoms with Crippen molar-refractivity contribution in [1.82, 2.24) is 19.8 Å². The number of ether oxygens (including phenoxy) is 1. The third-order valence-electron chi connectivity index (χ3n) is 6.46. The lowest BCUT2D eigenvalue weighted by molar-refractivity contribution is 0.0622. The Hall–Kier alpha value is -2.47. The zero-order chi connectivity index (χ0) is 21.5. The van der Waals surface area contributed by atoms with E-state index in [4.69, 9.17) is 9.72 Å². The van der Waals surface area contributed by atoms with Crippen molar-refractivity contribution in [2.45, 2.75) is 51.0 Å². The van der Waals surface area contributed by atoms with E-state index >= 15 is 0 Å². The summed E-state index contributed by atoms with van der Waals surface area (Å²) in [5.41, 5.74) is 2.71. The van der Waals surface area contributed by atoms with Crippen LogP contribution in [0.5, 0.6) is 5.75 Å². The number of aromatic nitrogens is 2. The summed E-state index contributed by atoms with van der Waals surface area (Å²) in [5.74, 6) is 1.74. The Kier molecular flexibility index (Phi) is 5.30. The van der Waals surface area contributed by atoms with E-state index in [1.54, 1.807) is 13.3 Å². The number of piperidine rings is 1. The first-order chi connectivity index (χ1) is 14.2. The number of amides is 1. The summed E-state index contributed by atoms with van der Waals surface area (Å²) in [6.45, 7) is 10.0. The molecule has 1 aromatic heterocycles. The van der Waals surface area contributed by atoms with Gasteiger partial charge in [0.1, 0.15) is 11.6 Å². The molecule has 0 atom stereocenters. The van der Waals surface area contributed by atoms with E-state index in [-0.39, 0.29) is 16.7 Å². The number of likely N-dealkylation sites (tertiary alicyclic amines) is 1. The first-order valence-electron chi connectivity index (χ1n) is 10.7. The number of rotatable bonds is 3. The van der Waals surface area contributed by atoms with Crippen molar-refractivity contribution < 1.29 is 9.53 Å². The topological polar surface area (TPSA) is 58.6 Å². The van der Waals surface area contributed by atoms with E-state index in [1.165, 1.54) is 5.56 Å². The Morgan fingerprint density at radius 3 is 2.40 bits per heavy atom. The summed E-state index contributed by atoms with van der Waals surface area (Å²) in [7, 11) is 3.59. The van der Waals surface area contributed by atoms with E-state index in [2.05, 4.69) is 42.8 Å². The molecule has 0 unspecified atom stereocenters. The van der Waals surface area contributed by atoms with Gasteiger partial charge < -0.3 is 9.64 Å². The summed E-state index contributed by atoms with van der Waals surface area (Å²) >= 11 is 0. The number of nitrogens with zero attached hydrogens (tertiary/aromatic N) is 4. The second-order valence-electron chi connectivity index (χ2n) is 9.77. The number of hydrogen-bond donors (Lipinski definition) is 0. The van der Waals surface area contributed by atoms with Gasteiger partial charge in [-0.15, -0.1) is 0 Å². The fourth-order valence-corrected chi connectivity index (χ4v) is 4.63. The molecule has 1 saturated heterocycles. The van der Waals surface area contributed by atoms with Gasteiger partial charge in [0.05, 0.1) is 18.4 Å². The maximum absolute atomic E-state index is 12.8. The molecule has 6 heteroatoms. The number of benzene rings is 1. The number of likely N-dealkylation sites (N-methyl/N-ethyl adjacent to an activating group) is 1. The van der Waals surface area contributed by atoms with Gasteiger partial charge in [-0.05, 0) is 43.6 Å². The molecule has 0 bridgehead atoms. The predicted molar refractivity (Wildman–Crippen MR) is 117 cm³/mol. The van der Waals surface area contributed by atoms with Crippen LogP contribution in [0, 0.1) is 0 Å². The molecule has 2 aromatic rings. The largest absolute Gasteiger partial charge is 0.497 e. The summed E-state index contributed by atoms with van der Waals surface area (Å²) in [6.07, 6.45) is 3.75. The molecule has 0 aliphatic carbocycles. The highest BCUT2D eigenvalue weighted by molar-refractivity contribution is 5.96. The Labute approximate surface area is 179 Å². The maximum atomic E-state index is 12.8. The molecule has 1 aromatic carbocycles. The van der Waals surface area contributed by atoms with Crippen LogP contribution >= 0.6 is 0 Å². The monoisotopic (exact) mass is 408 g/mol. The average molecular weight is 409 g/mol. The number of fused-ring (bicyclic) bond motifs is 2. The maximum Gasteiger partial charge on any atom is 0.257 e. The number of methoxy groups -OCH3 is 1. The fraction of sp³-hybridized carbons (Fsp3) is 0.542. The zero-order valence-corrected chi connectivity index (χ0v) is 18.7. The molecular weight excluding hydrogens is 376 g/mol. The molecule has 30 heavy (non-hydrogen) atoms. The van der Waals surface area contributed by atoms with Crippen LogP contribution in [0.15, 0.2) is 30.5 Å². The normalized spacial score (nSPS) is 19.1. The van der Waals surface area contributed by atoms with Gasteiger partial charge in [-0.3, -0.25) is 9.69 Å². The van der Waals surface area contributed by atoms with Crippen molar-refractivity contribution >= 4 is 5.91 Å². The molecule has 0 radical (unpaired) electrons. The van der Waals surface area contributed by atoms with Gasteiger partial charge in [0.2, 0.25) is 0 Å². The van der Waals surface area contributed by atoms with Gasteiger partial charge in [0, 0.05) is 37.2 Å². The summed E-state index contributed by atoms with van der Waals surface area (Å²) in [4.78, 5) is 26.6. The summed E-state index contributed by atoms with van der Waals surface area (Å²) < 4.78 is 5.26. The first-order valence-corrected chi connectivity index (χ1v) is 10.7. The lowest BCUT2D eigenvalue weighted by Gasteiger charge is -2.46. The Bertz CT molecular complexity index is 925. The SMILES string of the molecule is COc1ccc(CN2CCC3(CC2)CN(C)C(=O)c2cnc(C(C)(C)C)nc23)cc1. The van der Waals surface area contributed by atoms with Crippen LogP contribution in [0.2, 0.25) is 0 Å². The van der Waals surface area contributed by atoms with Crippen LogP contribution < -0.4 is 4.74 Å². The first kappa shape index (κ1) is 20.8. The Morgan fingerprint density at radius 2 is 1.80 bits per heavy atom. The molecule has 2 aliphatic heterocycles. The minimum absolute atomic E-state index is 0.0387. The number of carbonyl (C=O) groups excluding carboxylic acids is 1. The molecule has 0 N–H and O–H groups in total. The van der Waals surface area contributed by atoms with E-state index < -0.39 is 0 Å². The molecule has 1 fully saturated rings. The van der Waals surface area contributed by atoms with Gasteiger partial charge in [-0.1, -0.05) is 32.9 Å².